The highest BCUT2D eigenvalue weighted by Gasteiger charge is 2.25. The first-order valence-corrected chi connectivity index (χ1v) is 7.57. The maximum atomic E-state index is 12.5. The molecule has 20 heavy (non-hydrogen) atoms. The average molecular weight is 273 g/mol. The van der Waals surface area contributed by atoms with E-state index in [9.17, 15) is 4.79 Å². The topological polar surface area (TPSA) is 35.6 Å². The third-order valence-corrected chi connectivity index (χ3v) is 4.47. The highest BCUT2D eigenvalue weighted by molar-refractivity contribution is 5.97. The zero-order chi connectivity index (χ0) is 13.9. The Kier molecular flexibility index (Phi) is 3.92. The Hall–Kier alpha value is -1.55. The maximum Gasteiger partial charge on any atom is 0.227 e. The van der Waals surface area contributed by atoms with Crippen molar-refractivity contribution in [1.82, 2.24) is 5.32 Å². The van der Waals surface area contributed by atoms with E-state index < -0.39 is 0 Å². The van der Waals surface area contributed by atoms with Gasteiger partial charge in [0.25, 0.3) is 0 Å². The number of carbonyl (C=O) groups is 1. The lowest BCUT2D eigenvalue weighted by Gasteiger charge is -2.35. The molecule has 1 amide bonds. The van der Waals surface area contributed by atoms with E-state index in [1.165, 1.54) is 6.42 Å². The molecule has 3 rings (SSSR count). The molecule has 1 atom stereocenters. The zero-order valence-electron chi connectivity index (χ0n) is 12.1. The third kappa shape index (κ3) is 2.66. The van der Waals surface area contributed by atoms with Crippen molar-refractivity contribution in [1.29, 1.82) is 0 Å². The van der Waals surface area contributed by atoms with E-state index >= 15 is 0 Å². The van der Waals surface area contributed by atoms with E-state index in [0.29, 0.717) is 12.3 Å². The van der Waals surface area contributed by atoms with Crippen LogP contribution in [-0.2, 0) is 4.79 Å². The van der Waals surface area contributed by atoms with E-state index in [0.717, 1.165) is 44.0 Å². The summed E-state index contributed by atoms with van der Waals surface area (Å²) in [6, 6.07) is 8.20. The fourth-order valence-electron chi connectivity index (χ4n) is 3.19. The number of hydrogen-bond donors (Lipinski definition) is 1. The molecule has 0 spiro atoms. The lowest BCUT2D eigenvalue weighted by Crippen LogP contribution is -2.42. The van der Waals surface area contributed by atoms with Crippen LogP contribution >= 0.6 is 0 Å². The van der Waals surface area contributed by atoms with Crippen LogP contribution in [0, 0.1) is 5.92 Å². The first-order chi connectivity index (χ1) is 9.75. The van der Waals surface area contributed by atoms with Gasteiger partial charge in [0, 0.05) is 26.6 Å². The molecule has 0 aromatic heterocycles. The molecule has 4 nitrogen and oxygen atoms in total. The molecule has 2 aliphatic heterocycles. The third-order valence-electron chi connectivity index (χ3n) is 4.47. The van der Waals surface area contributed by atoms with Gasteiger partial charge in [0.1, 0.15) is 0 Å². The van der Waals surface area contributed by atoms with Crippen LogP contribution in [0.2, 0.25) is 0 Å². The number of para-hydroxylation sites is 2. The number of rotatable bonds is 3. The summed E-state index contributed by atoms with van der Waals surface area (Å²) in [6.45, 7) is 3.89. The van der Waals surface area contributed by atoms with Crippen molar-refractivity contribution in [2.45, 2.75) is 19.3 Å². The van der Waals surface area contributed by atoms with Gasteiger partial charge in [-0.2, -0.15) is 0 Å². The van der Waals surface area contributed by atoms with Gasteiger partial charge in [-0.25, -0.2) is 0 Å². The smallest absolute Gasteiger partial charge is 0.227 e. The largest absolute Gasteiger partial charge is 0.371 e. The van der Waals surface area contributed by atoms with Crippen molar-refractivity contribution < 1.29 is 4.79 Å². The van der Waals surface area contributed by atoms with Gasteiger partial charge in [-0.15, -0.1) is 0 Å². The second kappa shape index (κ2) is 5.83. The van der Waals surface area contributed by atoms with Crippen molar-refractivity contribution in [2.24, 2.45) is 5.92 Å². The number of likely N-dealkylation sites (N-methyl/N-ethyl adjacent to an activating group) is 1. The van der Waals surface area contributed by atoms with Crippen molar-refractivity contribution in [3.8, 4) is 0 Å². The van der Waals surface area contributed by atoms with Crippen molar-refractivity contribution >= 4 is 17.3 Å². The van der Waals surface area contributed by atoms with Crippen LogP contribution in [0.3, 0.4) is 0 Å². The van der Waals surface area contributed by atoms with Gasteiger partial charge in [-0.3, -0.25) is 4.79 Å². The number of amides is 1. The van der Waals surface area contributed by atoms with Crippen LogP contribution in [0.1, 0.15) is 19.3 Å². The van der Waals surface area contributed by atoms with Gasteiger partial charge in [0.05, 0.1) is 11.4 Å². The predicted octanol–water partition coefficient (Wildman–Crippen LogP) is 1.86. The number of fused-ring (bicyclic) bond motifs is 1. The number of nitrogens with one attached hydrogen (secondary N) is 1. The number of hydrogen-bond acceptors (Lipinski definition) is 3. The van der Waals surface area contributed by atoms with Crippen LogP contribution in [0.4, 0.5) is 11.4 Å². The van der Waals surface area contributed by atoms with Crippen molar-refractivity contribution in [2.75, 3.05) is 43.0 Å². The molecule has 1 saturated heterocycles. The molecule has 2 heterocycles. The molecule has 1 unspecified atom stereocenters. The molecular formula is C16H23N3O. The Morgan fingerprint density at radius 3 is 2.85 bits per heavy atom. The van der Waals surface area contributed by atoms with E-state index in [1.54, 1.807) is 0 Å². The summed E-state index contributed by atoms with van der Waals surface area (Å²) in [5.41, 5.74) is 2.23. The molecule has 1 aromatic rings. The summed E-state index contributed by atoms with van der Waals surface area (Å²) in [6.07, 6.45) is 2.90. The summed E-state index contributed by atoms with van der Waals surface area (Å²) in [5, 5.41) is 3.37. The van der Waals surface area contributed by atoms with Gasteiger partial charge in [0.2, 0.25) is 5.91 Å². The SMILES string of the molecule is CN1CCN(C(=O)CCC2CCNC2)c2ccccc21. The Balaban J connectivity index is 1.67. The number of benzene rings is 1. The fourth-order valence-corrected chi connectivity index (χ4v) is 3.19. The summed E-state index contributed by atoms with van der Waals surface area (Å²) < 4.78 is 0. The minimum Gasteiger partial charge on any atom is -0.371 e. The van der Waals surface area contributed by atoms with Crippen LogP contribution in [0.25, 0.3) is 0 Å². The van der Waals surface area contributed by atoms with Gasteiger partial charge in [-0.05, 0) is 44.0 Å². The van der Waals surface area contributed by atoms with Gasteiger partial charge in [0.15, 0.2) is 0 Å². The van der Waals surface area contributed by atoms with E-state index in [1.807, 2.05) is 17.0 Å². The first-order valence-electron chi connectivity index (χ1n) is 7.57. The van der Waals surface area contributed by atoms with E-state index in [2.05, 4.69) is 29.4 Å². The molecule has 4 heteroatoms. The molecule has 1 fully saturated rings. The van der Waals surface area contributed by atoms with Crippen molar-refractivity contribution in [3.05, 3.63) is 24.3 Å². The van der Waals surface area contributed by atoms with E-state index in [-0.39, 0.29) is 5.91 Å². The molecule has 0 saturated carbocycles. The Morgan fingerprint density at radius 1 is 1.30 bits per heavy atom. The highest BCUT2D eigenvalue weighted by Crippen LogP contribution is 2.32. The molecule has 1 N–H and O–H groups in total. The molecule has 0 radical (unpaired) electrons. The maximum absolute atomic E-state index is 12.5. The Labute approximate surface area is 120 Å². The monoisotopic (exact) mass is 273 g/mol. The second-order valence-corrected chi connectivity index (χ2v) is 5.85. The molecule has 2 aliphatic rings. The lowest BCUT2D eigenvalue weighted by atomic mass is 10.0. The summed E-state index contributed by atoms with van der Waals surface area (Å²) in [7, 11) is 2.09. The lowest BCUT2D eigenvalue weighted by molar-refractivity contribution is -0.118. The average Bonchev–Trinajstić information content (AvgIpc) is 2.99. The molecule has 1 aromatic carbocycles. The number of carbonyl (C=O) groups excluding carboxylic acids is 1. The minimum atomic E-state index is 0.275. The zero-order valence-corrected chi connectivity index (χ0v) is 12.1. The standard InChI is InChI=1S/C16H23N3O/c1-18-10-11-19(15-5-3-2-4-14(15)18)16(20)7-6-13-8-9-17-12-13/h2-5,13,17H,6-12H2,1H3. The Morgan fingerprint density at radius 2 is 2.10 bits per heavy atom. The molecule has 0 bridgehead atoms. The van der Waals surface area contributed by atoms with Crippen LogP contribution in [0.5, 0.6) is 0 Å². The highest BCUT2D eigenvalue weighted by atomic mass is 16.2. The summed E-state index contributed by atoms with van der Waals surface area (Å²) in [4.78, 5) is 16.7. The quantitative estimate of drug-likeness (QED) is 0.913. The predicted molar refractivity (Wildman–Crippen MR) is 82.3 cm³/mol. The molecular weight excluding hydrogens is 250 g/mol. The fraction of sp³-hybridized carbons (Fsp3) is 0.562. The van der Waals surface area contributed by atoms with Gasteiger partial charge >= 0.3 is 0 Å². The Bertz CT molecular complexity index is 482. The van der Waals surface area contributed by atoms with Crippen LogP contribution in [-0.4, -0.2) is 39.1 Å². The van der Waals surface area contributed by atoms with Crippen LogP contribution in [0.15, 0.2) is 24.3 Å². The minimum absolute atomic E-state index is 0.275. The van der Waals surface area contributed by atoms with Crippen LogP contribution < -0.4 is 15.1 Å². The number of nitrogens with zero attached hydrogens (tertiary/aromatic N) is 2. The molecule has 0 aliphatic carbocycles. The van der Waals surface area contributed by atoms with Gasteiger partial charge < -0.3 is 15.1 Å². The van der Waals surface area contributed by atoms with Gasteiger partial charge in [-0.1, -0.05) is 12.1 Å². The molecule has 108 valence electrons. The number of anilines is 2. The summed E-state index contributed by atoms with van der Waals surface area (Å²) >= 11 is 0. The summed E-state index contributed by atoms with van der Waals surface area (Å²) in [5.74, 6) is 0.958. The first kappa shape index (κ1) is 13.4. The normalized spacial score (nSPS) is 21.9. The second-order valence-electron chi connectivity index (χ2n) is 5.85. The van der Waals surface area contributed by atoms with Crippen molar-refractivity contribution in [3.63, 3.8) is 0 Å². The van der Waals surface area contributed by atoms with E-state index in [4.69, 9.17) is 0 Å².